The molecule has 1 nitrogen and oxygen atoms in total. The van der Waals surface area contributed by atoms with Crippen LogP contribution in [0.15, 0.2) is 12.2 Å². The molecule has 0 radical (unpaired) electrons. The molecule has 0 aromatic heterocycles. The van der Waals surface area contributed by atoms with Crippen molar-refractivity contribution in [1.82, 2.24) is 0 Å². The lowest BCUT2D eigenvalue weighted by Crippen LogP contribution is -2.40. The third kappa shape index (κ3) is 1.03. The van der Waals surface area contributed by atoms with Gasteiger partial charge >= 0.3 is 0 Å². The highest BCUT2D eigenvalue weighted by molar-refractivity contribution is 5.79. The molecular formula is C10H14O. The predicted octanol–water partition coefficient (Wildman–Crippen LogP) is 2.18. The molecule has 1 heteroatoms. The minimum Gasteiger partial charge on any atom is -0.300 e. The van der Waals surface area contributed by atoms with E-state index in [4.69, 9.17) is 0 Å². The van der Waals surface area contributed by atoms with Crippen molar-refractivity contribution in [3.63, 3.8) is 0 Å². The Balaban J connectivity index is 2.04. The van der Waals surface area contributed by atoms with Gasteiger partial charge in [-0.1, -0.05) is 12.2 Å². The first-order chi connectivity index (χ1) is 5.29. The normalized spacial score (nSPS) is 41.0. The average Bonchev–Trinajstić information content (AvgIpc) is 1.90. The number of hydrogen-bond donors (Lipinski definition) is 0. The second kappa shape index (κ2) is 2.47. The third-order valence-corrected chi connectivity index (χ3v) is 3.16. The molecule has 60 valence electrons. The fourth-order valence-electron chi connectivity index (χ4n) is 2.41. The molecule has 2 rings (SSSR count). The first-order valence-electron chi connectivity index (χ1n) is 4.46. The van der Waals surface area contributed by atoms with Crippen LogP contribution in [0.5, 0.6) is 0 Å². The van der Waals surface area contributed by atoms with E-state index in [9.17, 15) is 4.79 Å². The Morgan fingerprint density at radius 2 is 2.36 bits per heavy atom. The molecule has 0 spiro atoms. The summed E-state index contributed by atoms with van der Waals surface area (Å²) in [6.45, 7) is 1.74. The van der Waals surface area contributed by atoms with Gasteiger partial charge in [0.15, 0.2) is 0 Å². The molecule has 1 saturated carbocycles. The summed E-state index contributed by atoms with van der Waals surface area (Å²) >= 11 is 0. The number of ketones is 1. The number of hydrogen-bond acceptors (Lipinski definition) is 1. The van der Waals surface area contributed by atoms with Crippen LogP contribution in [0.3, 0.4) is 0 Å². The Kier molecular flexibility index (Phi) is 1.59. The molecule has 2 aliphatic carbocycles. The van der Waals surface area contributed by atoms with E-state index in [-0.39, 0.29) is 0 Å². The third-order valence-electron chi connectivity index (χ3n) is 3.16. The topological polar surface area (TPSA) is 17.1 Å². The smallest absolute Gasteiger partial charge is 0.133 e. The van der Waals surface area contributed by atoms with Gasteiger partial charge in [-0.05, 0) is 38.0 Å². The summed E-state index contributed by atoms with van der Waals surface area (Å²) in [7, 11) is 0. The summed E-state index contributed by atoms with van der Waals surface area (Å²) in [5.41, 5.74) is 0. The maximum Gasteiger partial charge on any atom is 0.133 e. The number of Topliss-reactive ketones (excluding diaryl/α,β-unsaturated/α-hetero) is 1. The first-order valence-corrected chi connectivity index (χ1v) is 4.46. The van der Waals surface area contributed by atoms with E-state index in [0.717, 1.165) is 12.3 Å². The maximum absolute atomic E-state index is 11.1. The summed E-state index contributed by atoms with van der Waals surface area (Å²) in [6, 6.07) is 0. The van der Waals surface area contributed by atoms with Crippen LogP contribution >= 0.6 is 0 Å². The fraction of sp³-hybridized carbons (Fsp3) is 0.700. The van der Waals surface area contributed by atoms with Gasteiger partial charge in [-0.2, -0.15) is 0 Å². The van der Waals surface area contributed by atoms with Gasteiger partial charge in [0.05, 0.1) is 0 Å². The van der Waals surface area contributed by atoms with Crippen LogP contribution in [0.4, 0.5) is 0 Å². The standard InChI is InChI=1S/C10H14O/c1-7(11)10-6-8-4-2-3-5-9(8)10/h2,4,8-10H,3,5-6H2,1H3/t8-,9-,10+/m1/s1. The minimum absolute atomic E-state index is 0.404. The number of carbonyl (C=O) groups is 1. The summed E-state index contributed by atoms with van der Waals surface area (Å²) in [6.07, 6.45) is 8.11. The highest BCUT2D eigenvalue weighted by atomic mass is 16.1. The summed E-state index contributed by atoms with van der Waals surface area (Å²) in [5.74, 6) is 2.27. The molecule has 0 unspecified atom stereocenters. The number of allylic oxidation sites excluding steroid dienone is 2. The Morgan fingerprint density at radius 3 is 3.00 bits per heavy atom. The van der Waals surface area contributed by atoms with Crippen molar-refractivity contribution in [2.75, 3.05) is 0 Å². The Labute approximate surface area is 67.5 Å². The van der Waals surface area contributed by atoms with Crippen molar-refractivity contribution >= 4 is 5.78 Å². The predicted molar refractivity (Wildman–Crippen MR) is 44.1 cm³/mol. The highest BCUT2D eigenvalue weighted by Crippen LogP contribution is 2.46. The molecule has 11 heavy (non-hydrogen) atoms. The van der Waals surface area contributed by atoms with Crippen LogP contribution < -0.4 is 0 Å². The molecular weight excluding hydrogens is 136 g/mol. The van der Waals surface area contributed by atoms with E-state index in [1.54, 1.807) is 6.92 Å². The van der Waals surface area contributed by atoms with Gasteiger partial charge in [-0.3, -0.25) is 4.79 Å². The Hall–Kier alpha value is -0.590. The van der Waals surface area contributed by atoms with Crippen molar-refractivity contribution in [3.8, 4) is 0 Å². The van der Waals surface area contributed by atoms with E-state index in [1.807, 2.05) is 0 Å². The molecule has 0 aromatic carbocycles. The summed E-state index contributed by atoms with van der Waals surface area (Å²) in [5, 5.41) is 0. The molecule has 1 fully saturated rings. The second-order valence-corrected chi connectivity index (χ2v) is 3.79. The number of carbonyl (C=O) groups excluding carboxylic acids is 1. The van der Waals surface area contributed by atoms with Crippen molar-refractivity contribution < 1.29 is 4.79 Å². The first kappa shape index (κ1) is 7.08. The van der Waals surface area contributed by atoms with Gasteiger partial charge < -0.3 is 0 Å². The van der Waals surface area contributed by atoms with Gasteiger partial charge in [0, 0.05) is 5.92 Å². The lowest BCUT2D eigenvalue weighted by atomic mass is 9.60. The fourth-order valence-corrected chi connectivity index (χ4v) is 2.41. The molecule has 0 amide bonds. The second-order valence-electron chi connectivity index (χ2n) is 3.79. The van der Waals surface area contributed by atoms with Crippen molar-refractivity contribution in [3.05, 3.63) is 12.2 Å². The van der Waals surface area contributed by atoms with Gasteiger partial charge in [0.2, 0.25) is 0 Å². The lowest BCUT2D eigenvalue weighted by molar-refractivity contribution is -0.128. The van der Waals surface area contributed by atoms with Crippen molar-refractivity contribution in [2.45, 2.75) is 26.2 Å². The SMILES string of the molecule is CC(=O)[C@@H]1C[C@H]2C=CCC[C@H]21. The molecule has 0 aliphatic heterocycles. The zero-order valence-corrected chi connectivity index (χ0v) is 6.92. The number of fused-ring (bicyclic) bond motifs is 1. The summed E-state index contributed by atoms with van der Waals surface area (Å²) in [4.78, 5) is 11.1. The maximum atomic E-state index is 11.1. The van der Waals surface area contributed by atoms with E-state index in [2.05, 4.69) is 12.2 Å². The van der Waals surface area contributed by atoms with E-state index >= 15 is 0 Å². The molecule has 0 saturated heterocycles. The molecule has 2 aliphatic rings. The molecule has 0 heterocycles. The van der Waals surface area contributed by atoms with Gasteiger partial charge in [-0.15, -0.1) is 0 Å². The van der Waals surface area contributed by atoms with E-state index in [0.29, 0.717) is 17.6 Å². The Bertz CT molecular complexity index is 205. The zero-order chi connectivity index (χ0) is 7.84. The van der Waals surface area contributed by atoms with Crippen LogP contribution in [0, 0.1) is 17.8 Å². The van der Waals surface area contributed by atoms with Crippen molar-refractivity contribution in [1.29, 1.82) is 0 Å². The van der Waals surface area contributed by atoms with Crippen LogP contribution in [0.1, 0.15) is 26.2 Å². The monoisotopic (exact) mass is 150 g/mol. The quantitative estimate of drug-likeness (QED) is 0.523. The van der Waals surface area contributed by atoms with E-state index < -0.39 is 0 Å². The van der Waals surface area contributed by atoms with Crippen LogP contribution in [0.25, 0.3) is 0 Å². The van der Waals surface area contributed by atoms with Gasteiger partial charge in [0.25, 0.3) is 0 Å². The largest absolute Gasteiger partial charge is 0.300 e. The molecule has 0 aromatic rings. The van der Waals surface area contributed by atoms with Gasteiger partial charge in [0.1, 0.15) is 5.78 Å². The Morgan fingerprint density at radius 1 is 1.55 bits per heavy atom. The number of rotatable bonds is 1. The van der Waals surface area contributed by atoms with E-state index in [1.165, 1.54) is 12.8 Å². The molecule has 0 N–H and O–H groups in total. The molecule has 3 atom stereocenters. The van der Waals surface area contributed by atoms with Crippen LogP contribution in [-0.2, 0) is 4.79 Å². The molecule has 0 bridgehead atoms. The average molecular weight is 150 g/mol. The highest BCUT2D eigenvalue weighted by Gasteiger charge is 2.42. The zero-order valence-electron chi connectivity index (χ0n) is 6.92. The summed E-state index contributed by atoms with van der Waals surface area (Å²) < 4.78 is 0. The van der Waals surface area contributed by atoms with Gasteiger partial charge in [-0.25, -0.2) is 0 Å². The van der Waals surface area contributed by atoms with Crippen LogP contribution in [-0.4, -0.2) is 5.78 Å². The minimum atomic E-state index is 0.404. The van der Waals surface area contributed by atoms with Crippen LogP contribution in [0.2, 0.25) is 0 Å². The van der Waals surface area contributed by atoms with Crippen molar-refractivity contribution in [2.24, 2.45) is 17.8 Å². The lowest BCUT2D eigenvalue weighted by Gasteiger charge is -2.44.